The van der Waals surface area contributed by atoms with Gasteiger partial charge in [0, 0.05) is 15.4 Å². The van der Waals surface area contributed by atoms with Gasteiger partial charge in [0.2, 0.25) is 0 Å². The fourth-order valence-corrected chi connectivity index (χ4v) is 3.45. The Bertz CT molecular complexity index is 787. The Morgan fingerprint density at radius 1 is 1.08 bits per heavy atom. The highest BCUT2D eigenvalue weighted by Gasteiger charge is 2.32. The summed E-state index contributed by atoms with van der Waals surface area (Å²) in [5, 5.41) is 0. The third kappa shape index (κ3) is 3.24. The highest BCUT2D eigenvalue weighted by Crippen LogP contribution is 2.49. The predicted molar refractivity (Wildman–Crippen MR) is 90.3 cm³/mol. The van der Waals surface area contributed by atoms with Gasteiger partial charge in [-0.2, -0.15) is 0 Å². The van der Waals surface area contributed by atoms with Crippen molar-refractivity contribution in [2.75, 3.05) is 4.90 Å². The molecule has 0 spiro atoms. The lowest BCUT2D eigenvalue weighted by Crippen LogP contribution is -2.35. The zero-order valence-corrected chi connectivity index (χ0v) is 14.4. The molecule has 3 nitrogen and oxygen atoms in total. The van der Waals surface area contributed by atoms with Crippen LogP contribution in [-0.2, 0) is 4.74 Å². The Hall–Kier alpha value is -2.08. The molecule has 0 N–H and O–H groups in total. The molecule has 1 amide bonds. The summed E-state index contributed by atoms with van der Waals surface area (Å²) in [7, 11) is 0. The van der Waals surface area contributed by atoms with Gasteiger partial charge in [0.15, 0.2) is 0 Å². The maximum atomic E-state index is 13.1. The number of carbonyl (C=O) groups excluding carboxylic acids is 1. The van der Waals surface area contributed by atoms with Crippen molar-refractivity contribution in [3.05, 3.63) is 48.0 Å². The first-order valence-corrected chi connectivity index (χ1v) is 8.30. The molecule has 0 bridgehead atoms. The van der Waals surface area contributed by atoms with Crippen LogP contribution in [0.25, 0.3) is 0 Å². The molecular formula is C18H17F2NO2S. The van der Waals surface area contributed by atoms with Gasteiger partial charge in [0.05, 0.1) is 11.4 Å². The van der Waals surface area contributed by atoms with Crippen LogP contribution < -0.4 is 4.90 Å². The van der Waals surface area contributed by atoms with Crippen molar-refractivity contribution in [3.63, 3.8) is 0 Å². The molecule has 0 radical (unpaired) electrons. The molecule has 2 aromatic carbocycles. The maximum absolute atomic E-state index is 13.1. The highest BCUT2D eigenvalue weighted by atomic mass is 32.2. The maximum Gasteiger partial charge on any atom is 0.419 e. The molecule has 0 saturated heterocycles. The van der Waals surface area contributed by atoms with Gasteiger partial charge in [-0.05, 0) is 45.0 Å². The van der Waals surface area contributed by atoms with Gasteiger partial charge in [-0.25, -0.2) is 18.5 Å². The van der Waals surface area contributed by atoms with Crippen LogP contribution >= 0.6 is 11.8 Å². The summed E-state index contributed by atoms with van der Waals surface area (Å²) in [6.07, 6.45) is -3.18. The molecule has 24 heavy (non-hydrogen) atoms. The van der Waals surface area contributed by atoms with Crippen molar-refractivity contribution < 1.29 is 18.3 Å². The highest BCUT2D eigenvalue weighted by molar-refractivity contribution is 7.99. The van der Waals surface area contributed by atoms with Crippen molar-refractivity contribution in [1.29, 1.82) is 0 Å². The van der Waals surface area contributed by atoms with Gasteiger partial charge < -0.3 is 4.74 Å². The van der Waals surface area contributed by atoms with E-state index in [1.165, 1.54) is 28.8 Å². The number of hydrogen-bond donors (Lipinski definition) is 0. The quantitative estimate of drug-likeness (QED) is 0.617. The minimum absolute atomic E-state index is 0.123. The van der Waals surface area contributed by atoms with E-state index in [-0.39, 0.29) is 5.56 Å². The Balaban J connectivity index is 2.12. The molecular weight excluding hydrogens is 332 g/mol. The van der Waals surface area contributed by atoms with Crippen LogP contribution in [0.3, 0.4) is 0 Å². The van der Waals surface area contributed by atoms with Gasteiger partial charge in [0.1, 0.15) is 5.60 Å². The number of alkyl halides is 2. The number of fused-ring (bicyclic) bond motifs is 2. The van der Waals surface area contributed by atoms with E-state index >= 15 is 0 Å². The molecule has 1 heterocycles. The third-order valence-corrected chi connectivity index (χ3v) is 4.51. The zero-order chi connectivity index (χ0) is 17.5. The first-order chi connectivity index (χ1) is 11.3. The van der Waals surface area contributed by atoms with E-state index in [2.05, 4.69) is 0 Å². The van der Waals surface area contributed by atoms with E-state index < -0.39 is 18.1 Å². The molecule has 0 saturated carbocycles. The second-order valence-corrected chi connectivity index (χ2v) is 7.50. The molecule has 0 fully saturated rings. The van der Waals surface area contributed by atoms with Gasteiger partial charge in [-0.15, -0.1) is 0 Å². The largest absolute Gasteiger partial charge is 0.443 e. The second kappa shape index (κ2) is 6.09. The van der Waals surface area contributed by atoms with Crippen molar-refractivity contribution >= 4 is 29.2 Å². The second-order valence-electron chi connectivity index (χ2n) is 6.41. The van der Waals surface area contributed by atoms with E-state index in [0.717, 1.165) is 9.79 Å². The van der Waals surface area contributed by atoms with E-state index in [4.69, 9.17) is 4.74 Å². The SMILES string of the molecule is CC(C)(C)OC(=O)N1c2ccccc2Sc2ccc(C(F)F)cc21. The number of anilines is 2. The van der Waals surface area contributed by atoms with Crippen LogP contribution in [0.1, 0.15) is 32.8 Å². The molecule has 0 atom stereocenters. The minimum atomic E-state index is -2.60. The summed E-state index contributed by atoms with van der Waals surface area (Å²) in [6, 6.07) is 11.7. The number of amides is 1. The molecule has 6 heteroatoms. The number of halogens is 2. The molecule has 0 aromatic heterocycles. The number of ether oxygens (including phenoxy) is 1. The van der Waals surface area contributed by atoms with Crippen molar-refractivity contribution in [2.45, 2.75) is 42.6 Å². The molecule has 3 rings (SSSR count). The summed E-state index contributed by atoms with van der Waals surface area (Å²) in [5.74, 6) is 0. The summed E-state index contributed by atoms with van der Waals surface area (Å²) < 4.78 is 31.7. The van der Waals surface area contributed by atoms with E-state index in [1.54, 1.807) is 39.0 Å². The molecule has 1 aliphatic rings. The lowest BCUT2D eigenvalue weighted by atomic mass is 10.1. The smallest absolute Gasteiger partial charge is 0.419 e. The van der Waals surface area contributed by atoms with Crippen LogP contribution in [0.5, 0.6) is 0 Å². The molecule has 0 unspecified atom stereocenters. The number of nitrogens with zero attached hydrogens (tertiary/aromatic N) is 1. The topological polar surface area (TPSA) is 29.5 Å². The Labute approximate surface area is 143 Å². The number of hydrogen-bond acceptors (Lipinski definition) is 3. The fraction of sp³-hybridized carbons (Fsp3) is 0.278. The fourth-order valence-electron chi connectivity index (χ4n) is 2.41. The average Bonchev–Trinajstić information content (AvgIpc) is 2.50. The number of para-hydroxylation sites is 1. The van der Waals surface area contributed by atoms with Crippen LogP contribution in [0.15, 0.2) is 52.3 Å². The first-order valence-electron chi connectivity index (χ1n) is 7.48. The van der Waals surface area contributed by atoms with Crippen LogP contribution in [0.4, 0.5) is 25.0 Å². The van der Waals surface area contributed by atoms with E-state index in [0.29, 0.717) is 11.4 Å². The monoisotopic (exact) mass is 349 g/mol. The van der Waals surface area contributed by atoms with Crippen LogP contribution in [0, 0.1) is 0 Å². The standard InChI is InChI=1S/C18H17F2NO2S/c1-18(2,3)23-17(22)21-12-6-4-5-7-14(12)24-15-9-8-11(16(19)20)10-13(15)21/h4-10,16H,1-3H3. The normalized spacial score (nSPS) is 13.5. The van der Waals surface area contributed by atoms with Crippen molar-refractivity contribution in [3.8, 4) is 0 Å². The van der Waals surface area contributed by atoms with Crippen molar-refractivity contribution in [2.24, 2.45) is 0 Å². The van der Waals surface area contributed by atoms with Crippen LogP contribution in [-0.4, -0.2) is 11.7 Å². The number of carbonyl (C=O) groups is 1. The van der Waals surface area contributed by atoms with Gasteiger partial charge >= 0.3 is 6.09 Å². The number of rotatable bonds is 1. The first kappa shape index (κ1) is 16.8. The van der Waals surface area contributed by atoms with Gasteiger partial charge in [0.25, 0.3) is 6.43 Å². The summed E-state index contributed by atoms with van der Waals surface area (Å²) >= 11 is 1.45. The summed E-state index contributed by atoms with van der Waals surface area (Å²) in [6.45, 7) is 5.31. The van der Waals surface area contributed by atoms with Gasteiger partial charge in [-0.1, -0.05) is 30.0 Å². The predicted octanol–water partition coefficient (Wildman–Crippen LogP) is 6.16. The summed E-state index contributed by atoms with van der Waals surface area (Å²) in [5.41, 5.74) is 0.251. The van der Waals surface area contributed by atoms with E-state index in [9.17, 15) is 13.6 Å². The van der Waals surface area contributed by atoms with Crippen LogP contribution in [0.2, 0.25) is 0 Å². The molecule has 0 aliphatic carbocycles. The Kier molecular flexibility index (Phi) is 4.25. The molecule has 2 aromatic rings. The van der Waals surface area contributed by atoms with Gasteiger partial charge in [-0.3, -0.25) is 0 Å². The lowest BCUT2D eigenvalue weighted by Gasteiger charge is -2.33. The van der Waals surface area contributed by atoms with E-state index in [1.807, 2.05) is 12.1 Å². The lowest BCUT2D eigenvalue weighted by molar-refractivity contribution is 0.0597. The molecule has 1 aliphatic heterocycles. The Morgan fingerprint density at radius 3 is 2.42 bits per heavy atom. The van der Waals surface area contributed by atoms with Crippen molar-refractivity contribution in [1.82, 2.24) is 0 Å². The summed E-state index contributed by atoms with van der Waals surface area (Å²) in [4.78, 5) is 15.7. The Morgan fingerprint density at radius 2 is 1.75 bits per heavy atom. The average molecular weight is 349 g/mol. The molecule has 126 valence electrons. The minimum Gasteiger partial charge on any atom is -0.443 e. The number of benzene rings is 2. The third-order valence-electron chi connectivity index (χ3n) is 3.38. The zero-order valence-electron chi connectivity index (χ0n) is 13.5.